The summed E-state index contributed by atoms with van der Waals surface area (Å²) in [6.45, 7) is 6.02. The summed E-state index contributed by atoms with van der Waals surface area (Å²) in [6, 6.07) is 5.82. The minimum absolute atomic E-state index is 0.649. The van der Waals surface area contributed by atoms with Gasteiger partial charge in [0.25, 0.3) is 0 Å². The van der Waals surface area contributed by atoms with E-state index in [0.29, 0.717) is 12.5 Å². The molecule has 124 valence electrons. The number of nitrogens with zero attached hydrogens (tertiary/aromatic N) is 1. The lowest BCUT2D eigenvalue weighted by Crippen LogP contribution is -2.39. The molecule has 22 heavy (non-hydrogen) atoms. The van der Waals surface area contributed by atoms with Crippen LogP contribution in [0.4, 0.5) is 0 Å². The quantitative estimate of drug-likeness (QED) is 0.573. The van der Waals surface area contributed by atoms with Gasteiger partial charge in [-0.1, -0.05) is 26.7 Å². The first-order valence-electron chi connectivity index (χ1n) is 7.83. The van der Waals surface area contributed by atoms with Crippen LogP contribution in [0.1, 0.15) is 32.3 Å². The number of nitrogens with one attached hydrogen (secondary N) is 2. The average molecular weight is 307 g/mol. The number of hydrogen-bond donors (Lipinski definition) is 2. The molecular formula is C17H29N3O2. The summed E-state index contributed by atoms with van der Waals surface area (Å²) < 4.78 is 10.6. The lowest BCUT2D eigenvalue weighted by atomic mass is 10.0. The Morgan fingerprint density at radius 1 is 1.14 bits per heavy atom. The normalized spacial score (nSPS) is 11.5. The van der Waals surface area contributed by atoms with Crippen LogP contribution in [-0.4, -0.2) is 33.8 Å². The summed E-state index contributed by atoms with van der Waals surface area (Å²) in [7, 11) is 5.10. The topological polar surface area (TPSA) is 54.9 Å². The van der Waals surface area contributed by atoms with Crippen LogP contribution in [0.5, 0.6) is 11.5 Å². The van der Waals surface area contributed by atoms with Crippen molar-refractivity contribution < 1.29 is 9.47 Å². The fraction of sp³-hybridized carbons (Fsp3) is 0.588. The molecule has 0 atom stereocenters. The number of ether oxygens (including phenoxy) is 2. The second-order valence-corrected chi connectivity index (χ2v) is 5.17. The van der Waals surface area contributed by atoms with Gasteiger partial charge in [-0.3, -0.25) is 4.99 Å². The molecule has 5 nitrogen and oxygen atoms in total. The molecule has 0 spiro atoms. The van der Waals surface area contributed by atoms with Crippen molar-refractivity contribution in [2.45, 2.75) is 33.2 Å². The lowest BCUT2D eigenvalue weighted by molar-refractivity contribution is 0.390. The molecule has 0 unspecified atom stereocenters. The Morgan fingerprint density at radius 2 is 1.86 bits per heavy atom. The highest BCUT2D eigenvalue weighted by Gasteiger charge is 2.08. The van der Waals surface area contributed by atoms with E-state index in [-0.39, 0.29) is 0 Å². The van der Waals surface area contributed by atoms with Crippen LogP contribution in [-0.2, 0) is 6.54 Å². The van der Waals surface area contributed by atoms with Crippen molar-refractivity contribution in [1.82, 2.24) is 10.6 Å². The monoisotopic (exact) mass is 307 g/mol. The molecule has 0 amide bonds. The summed E-state index contributed by atoms with van der Waals surface area (Å²) in [5, 5.41) is 6.69. The van der Waals surface area contributed by atoms with Crippen LogP contribution < -0.4 is 20.1 Å². The van der Waals surface area contributed by atoms with Crippen LogP contribution >= 0.6 is 0 Å². The Balaban J connectivity index is 2.60. The Kier molecular flexibility index (Phi) is 8.18. The molecule has 1 aromatic carbocycles. The van der Waals surface area contributed by atoms with E-state index in [0.717, 1.165) is 29.6 Å². The zero-order chi connectivity index (χ0) is 16.4. The predicted molar refractivity (Wildman–Crippen MR) is 91.8 cm³/mol. The molecule has 0 aliphatic rings. The first-order chi connectivity index (χ1) is 10.7. The third kappa shape index (κ3) is 5.47. The van der Waals surface area contributed by atoms with Crippen LogP contribution in [0.3, 0.4) is 0 Å². The van der Waals surface area contributed by atoms with Crippen molar-refractivity contribution in [1.29, 1.82) is 0 Å². The molecule has 0 fully saturated rings. The highest BCUT2D eigenvalue weighted by atomic mass is 16.5. The molecule has 0 aromatic heterocycles. The van der Waals surface area contributed by atoms with Gasteiger partial charge in [0, 0.05) is 31.8 Å². The Morgan fingerprint density at radius 3 is 2.41 bits per heavy atom. The Bertz CT molecular complexity index is 471. The molecule has 0 radical (unpaired) electrons. The molecule has 1 rings (SSSR count). The smallest absolute Gasteiger partial charge is 0.191 e. The molecule has 2 N–H and O–H groups in total. The number of aliphatic imine (C=N–C) groups is 1. The zero-order valence-corrected chi connectivity index (χ0v) is 14.4. The minimum Gasteiger partial charge on any atom is -0.497 e. The van der Waals surface area contributed by atoms with E-state index >= 15 is 0 Å². The molecule has 0 saturated carbocycles. The maximum absolute atomic E-state index is 5.41. The number of methoxy groups -OCH3 is 2. The van der Waals surface area contributed by atoms with E-state index in [1.807, 2.05) is 18.2 Å². The first-order valence-corrected chi connectivity index (χ1v) is 7.83. The van der Waals surface area contributed by atoms with Gasteiger partial charge in [0.1, 0.15) is 11.5 Å². The molecule has 0 bridgehead atoms. The van der Waals surface area contributed by atoms with E-state index in [2.05, 4.69) is 29.5 Å². The van der Waals surface area contributed by atoms with Crippen molar-refractivity contribution >= 4 is 5.96 Å². The third-order valence-electron chi connectivity index (χ3n) is 3.88. The van der Waals surface area contributed by atoms with Gasteiger partial charge < -0.3 is 20.1 Å². The standard InChI is InChI=1S/C17H29N3O2/c1-6-13(7-2)11-19-17(18-3)20-12-14-8-9-15(21-4)10-16(14)22-5/h8-10,13H,6-7,11-12H2,1-5H3,(H2,18,19,20). The molecular weight excluding hydrogens is 278 g/mol. The maximum atomic E-state index is 5.41. The van der Waals surface area contributed by atoms with Gasteiger partial charge in [0.15, 0.2) is 5.96 Å². The first kappa shape index (κ1) is 18.1. The van der Waals surface area contributed by atoms with Crippen molar-refractivity contribution in [2.24, 2.45) is 10.9 Å². The summed E-state index contributed by atoms with van der Waals surface area (Å²) in [5.74, 6) is 3.08. The Hall–Kier alpha value is -1.91. The van der Waals surface area contributed by atoms with E-state index in [1.165, 1.54) is 12.8 Å². The van der Waals surface area contributed by atoms with Crippen LogP contribution in [0, 0.1) is 5.92 Å². The summed E-state index contributed by atoms with van der Waals surface area (Å²) in [5.41, 5.74) is 1.06. The largest absolute Gasteiger partial charge is 0.497 e. The van der Waals surface area contributed by atoms with Gasteiger partial charge in [0.2, 0.25) is 0 Å². The van der Waals surface area contributed by atoms with Crippen molar-refractivity contribution in [3.8, 4) is 11.5 Å². The molecule has 5 heteroatoms. The summed E-state index contributed by atoms with van der Waals surface area (Å²) in [4.78, 5) is 4.26. The van der Waals surface area contributed by atoms with Gasteiger partial charge in [-0.15, -0.1) is 0 Å². The van der Waals surface area contributed by atoms with Crippen molar-refractivity contribution in [2.75, 3.05) is 27.8 Å². The van der Waals surface area contributed by atoms with Crippen molar-refractivity contribution in [3.63, 3.8) is 0 Å². The minimum atomic E-state index is 0.649. The molecule has 0 aliphatic carbocycles. The number of guanidine groups is 1. The van der Waals surface area contributed by atoms with Gasteiger partial charge in [-0.25, -0.2) is 0 Å². The number of rotatable bonds is 8. The lowest BCUT2D eigenvalue weighted by Gasteiger charge is -2.17. The van der Waals surface area contributed by atoms with Gasteiger partial charge in [-0.2, -0.15) is 0 Å². The van der Waals surface area contributed by atoms with Gasteiger partial charge >= 0.3 is 0 Å². The highest BCUT2D eigenvalue weighted by molar-refractivity contribution is 5.79. The van der Waals surface area contributed by atoms with Gasteiger partial charge in [0.05, 0.1) is 14.2 Å². The molecule has 0 saturated heterocycles. The third-order valence-corrected chi connectivity index (χ3v) is 3.88. The van der Waals surface area contributed by atoms with Crippen molar-refractivity contribution in [3.05, 3.63) is 23.8 Å². The van der Waals surface area contributed by atoms with Crippen LogP contribution in [0.25, 0.3) is 0 Å². The zero-order valence-electron chi connectivity index (χ0n) is 14.4. The Labute approximate surface area is 134 Å². The summed E-state index contributed by atoms with van der Waals surface area (Å²) in [6.07, 6.45) is 2.35. The maximum Gasteiger partial charge on any atom is 0.191 e. The van der Waals surface area contributed by atoms with Gasteiger partial charge in [-0.05, 0) is 18.1 Å². The number of benzene rings is 1. The van der Waals surface area contributed by atoms with E-state index in [9.17, 15) is 0 Å². The SMILES string of the molecule is CCC(CC)CNC(=NC)NCc1ccc(OC)cc1OC. The van der Waals surface area contributed by atoms with Crippen LogP contribution in [0.15, 0.2) is 23.2 Å². The molecule has 0 aliphatic heterocycles. The summed E-state index contributed by atoms with van der Waals surface area (Å²) >= 11 is 0. The second kappa shape index (κ2) is 9.92. The number of hydrogen-bond acceptors (Lipinski definition) is 3. The fourth-order valence-electron chi connectivity index (χ4n) is 2.22. The molecule has 1 aromatic rings. The van der Waals surface area contributed by atoms with E-state index in [4.69, 9.17) is 9.47 Å². The van der Waals surface area contributed by atoms with E-state index in [1.54, 1.807) is 21.3 Å². The molecule has 0 heterocycles. The fourth-order valence-corrected chi connectivity index (χ4v) is 2.22. The average Bonchev–Trinajstić information content (AvgIpc) is 2.58. The second-order valence-electron chi connectivity index (χ2n) is 5.17. The van der Waals surface area contributed by atoms with E-state index < -0.39 is 0 Å². The predicted octanol–water partition coefficient (Wildman–Crippen LogP) is 2.81. The highest BCUT2D eigenvalue weighted by Crippen LogP contribution is 2.24. The van der Waals surface area contributed by atoms with Crippen LogP contribution in [0.2, 0.25) is 0 Å².